The van der Waals surface area contributed by atoms with Gasteiger partial charge in [-0.25, -0.2) is 0 Å². The van der Waals surface area contributed by atoms with Crippen molar-refractivity contribution in [3.8, 4) is 0 Å². The highest BCUT2D eigenvalue weighted by atomic mass is 79.9. The number of aliphatic hydroxyl groups excluding tert-OH is 1. The maximum atomic E-state index is 9.54. The topological polar surface area (TPSA) is 35.5 Å². The fraction of sp³-hybridized carbons (Fsp3) is 0.538. The van der Waals surface area contributed by atoms with Gasteiger partial charge in [0, 0.05) is 22.7 Å². The molecule has 1 aliphatic rings. The zero-order valence-corrected chi connectivity index (χ0v) is 11.7. The van der Waals surface area contributed by atoms with Crippen LogP contribution in [0.25, 0.3) is 0 Å². The summed E-state index contributed by atoms with van der Waals surface area (Å²) in [5, 5.41) is 12.9. The van der Waals surface area contributed by atoms with Gasteiger partial charge in [0.1, 0.15) is 0 Å². The van der Waals surface area contributed by atoms with Crippen molar-refractivity contribution in [1.82, 2.24) is 5.32 Å². The SMILES string of the molecule is CC1CCNCC(CO)N1c1cccc(Br)c1. The van der Waals surface area contributed by atoms with Crippen LogP contribution in [0.2, 0.25) is 0 Å². The van der Waals surface area contributed by atoms with Crippen molar-refractivity contribution >= 4 is 21.6 Å². The predicted octanol–water partition coefficient (Wildman–Crippen LogP) is 2.00. The molecule has 1 aliphatic heterocycles. The molecule has 0 aliphatic carbocycles. The van der Waals surface area contributed by atoms with Crippen LogP contribution in [0.3, 0.4) is 0 Å². The van der Waals surface area contributed by atoms with E-state index in [4.69, 9.17) is 0 Å². The number of halogens is 1. The van der Waals surface area contributed by atoms with Gasteiger partial charge in [-0.15, -0.1) is 0 Å². The molecule has 0 amide bonds. The van der Waals surface area contributed by atoms with E-state index >= 15 is 0 Å². The zero-order valence-electron chi connectivity index (χ0n) is 10.1. The van der Waals surface area contributed by atoms with E-state index in [1.807, 2.05) is 12.1 Å². The number of rotatable bonds is 2. The minimum absolute atomic E-state index is 0.154. The van der Waals surface area contributed by atoms with Crippen LogP contribution < -0.4 is 10.2 Å². The molecule has 0 saturated carbocycles. The lowest BCUT2D eigenvalue weighted by Gasteiger charge is -2.35. The summed E-state index contributed by atoms with van der Waals surface area (Å²) in [5.41, 5.74) is 1.18. The molecule has 1 aromatic carbocycles. The van der Waals surface area contributed by atoms with Crippen LogP contribution in [0.5, 0.6) is 0 Å². The van der Waals surface area contributed by atoms with E-state index in [1.54, 1.807) is 0 Å². The summed E-state index contributed by atoms with van der Waals surface area (Å²) in [7, 11) is 0. The standard InChI is InChI=1S/C13H19BrN2O/c1-10-5-6-15-8-13(9-17)16(10)12-4-2-3-11(14)7-12/h2-4,7,10,13,15,17H,5-6,8-9H2,1H3. The van der Waals surface area contributed by atoms with Crippen LogP contribution in [0, 0.1) is 0 Å². The molecule has 1 fully saturated rings. The molecule has 3 nitrogen and oxygen atoms in total. The molecule has 1 aromatic rings. The van der Waals surface area contributed by atoms with Crippen molar-refractivity contribution in [3.63, 3.8) is 0 Å². The maximum absolute atomic E-state index is 9.54. The van der Waals surface area contributed by atoms with Crippen LogP contribution >= 0.6 is 15.9 Å². The van der Waals surface area contributed by atoms with Gasteiger partial charge in [0.25, 0.3) is 0 Å². The Labute approximate surface area is 111 Å². The predicted molar refractivity (Wildman–Crippen MR) is 74.4 cm³/mol. The lowest BCUT2D eigenvalue weighted by Crippen LogP contribution is -2.46. The second-order valence-corrected chi connectivity index (χ2v) is 5.48. The molecule has 2 rings (SSSR count). The summed E-state index contributed by atoms with van der Waals surface area (Å²) in [6, 6.07) is 8.88. The van der Waals surface area contributed by atoms with E-state index in [-0.39, 0.29) is 12.6 Å². The van der Waals surface area contributed by atoms with Crippen LogP contribution in [0.4, 0.5) is 5.69 Å². The minimum atomic E-state index is 0.154. The van der Waals surface area contributed by atoms with Gasteiger partial charge in [-0.05, 0) is 38.1 Å². The van der Waals surface area contributed by atoms with Gasteiger partial charge in [-0.3, -0.25) is 0 Å². The van der Waals surface area contributed by atoms with Gasteiger partial charge in [0.15, 0.2) is 0 Å². The first-order chi connectivity index (χ1) is 8.22. The molecule has 2 atom stereocenters. The zero-order chi connectivity index (χ0) is 12.3. The molecule has 0 spiro atoms. The van der Waals surface area contributed by atoms with Crippen molar-refractivity contribution in [2.45, 2.75) is 25.4 Å². The number of nitrogens with zero attached hydrogens (tertiary/aromatic N) is 1. The van der Waals surface area contributed by atoms with Crippen LogP contribution in [-0.4, -0.2) is 36.9 Å². The first-order valence-corrected chi connectivity index (χ1v) is 6.87. The van der Waals surface area contributed by atoms with E-state index in [9.17, 15) is 5.11 Å². The van der Waals surface area contributed by atoms with Crippen LogP contribution in [0.15, 0.2) is 28.7 Å². The molecule has 17 heavy (non-hydrogen) atoms. The number of aliphatic hydroxyl groups is 1. The van der Waals surface area contributed by atoms with Crippen molar-refractivity contribution in [1.29, 1.82) is 0 Å². The normalized spacial score (nSPS) is 25.7. The molecule has 1 saturated heterocycles. The van der Waals surface area contributed by atoms with Crippen LogP contribution in [0.1, 0.15) is 13.3 Å². The average molecular weight is 299 g/mol. The Hall–Kier alpha value is -0.580. The molecular formula is C13H19BrN2O. The Bertz CT molecular complexity index is 372. The molecule has 2 N–H and O–H groups in total. The quantitative estimate of drug-likeness (QED) is 0.877. The highest BCUT2D eigenvalue weighted by molar-refractivity contribution is 9.10. The summed E-state index contributed by atoms with van der Waals surface area (Å²) in [5.74, 6) is 0. The molecule has 4 heteroatoms. The fourth-order valence-electron chi connectivity index (χ4n) is 2.43. The Balaban J connectivity index is 2.30. The molecule has 94 valence electrons. The lowest BCUT2D eigenvalue weighted by atomic mass is 10.1. The van der Waals surface area contributed by atoms with Crippen molar-refractivity contribution < 1.29 is 5.11 Å². The summed E-state index contributed by atoms with van der Waals surface area (Å²) in [4.78, 5) is 2.32. The number of nitrogens with one attached hydrogen (secondary N) is 1. The minimum Gasteiger partial charge on any atom is -0.394 e. The Kier molecular flexibility index (Phi) is 4.42. The van der Waals surface area contributed by atoms with E-state index in [1.165, 1.54) is 5.69 Å². The molecule has 0 aromatic heterocycles. The Morgan fingerprint density at radius 1 is 1.53 bits per heavy atom. The highest BCUT2D eigenvalue weighted by Gasteiger charge is 2.25. The van der Waals surface area contributed by atoms with Gasteiger partial charge < -0.3 is 15.3 Å². The van der Waals surface area contributed by atoms with Crippen LogP contribution in [-0.2, 0) is 0 Å². The third-order valence-corrected chi connectivity index (χ3v) is 3.80. The Morgan fingerprint density at radius 3 is 3.06 bits per heavy atom. The summed E-state index contributed by atoms with van der Waals surface area (Å²) in [6.07, 6.45) is 1.10. The largest absolute Gasteiger partial charge is 0.394 e. The van der Waals surface area contributed by atoms with Gasteiger partial charge in [-0.2, -0.15) is 0 Å². The third-order valence-electron chi connectivity index (χ3n) is 3.30. The van der Waals surface area contributed by atoms with Gasteiger partial charge in [-0.1, -0.05) is 22.0 Å². The molecule has 2 unspecified atom stereocenters. The van der Waals surface area contributed by atoms with E-state index in [0.29, 0.717) is 6.04 Å². The maximum Gasteiger partial charge on any atom is 0.0648 e. The summed E-state index contributed by atoms with van der Waals surface area (Å²) < 4.78 is 1.08. The first kappa shape index (κ1) is 12.9. The van der Waals surface area contributed by atoms with Crippen molar-refractivity contribution in [2.24, 2.45) is 0 Å². The molecule has 0 bridgehead atoms. The molecule has 0 radical (unpaired) electrons. The van der Waals surface area contributed by atoms with Gasteiger partial charge in [0.05, 0.1) is 12.6 Å². The summed E-state index contributed by atoms with van der Waals surface area (Å²) >= 11 is 3.51. The fourth-order valence-corrected chi connectivity index (χ4v) is 2.82. The lowest BCUT2D eigenvalue weighted by molar-refractivity contribution is 0.255. The second-order valence-electron chi connectivity index (χ2n) is 4.57. The first-order valence-electron chi connectivity index (χ1n) is 6.08. The number of anilines is 1. The average Bonchev–Trinajstić information content (AvgIpc) is 2.50. The second kappa shape index (κ2) is 5.85. The third kappa shape index (κ3) is 3.00. The molecular weight excluding hydrogens is 280 g/mol. The van der Waals surface area contributed by atoms with Gasteiger partial charge in [0.2, 0.25) is 0 Å². The Morgan fingerprint density at radius 2 is 2.35 bits per heavy atom. The smallest absolute Gasteiger partial charge is 0.0648 e. The number of hydrogen-bond acceptors (Lipinski definition) is 3. The highest BCUT2D eigenvalue weighted by Crippen LogP contribution is 2.25. The summed E-state index contributed by atoms with van der Waals surface area (Å²) in [6.45, 7) is 4.26. The number of hydrogen-bond donors (Lipinski definition) is 2. The number of benzene rings is 1. The van der Waals surface area contributed by atoms with Gasteiger partial charge >= 0.3 is 0 Å². The molecule has 1 heterocycles. The van der Waals surface area contributed by atoms with E-state index < -0.39 is 0 Å². The monoisotopic (exact) mass is 298 g/mol. The van der Waals surface area contributed by atoms with E-state index in [2.05, 4.69) is 45.2 Å². The van der Waals surface area contributed by atoms with E-state index in [0.717, 1.165) is 24.0 Å². The van der Waals surface area contributed by atoms with Crippen molar-refractivity contribution in [2.75, 3.05) is 24.6 Å². The van der Waals surface area contributed by atoms with Crippen molar-refractivity contribution in [3.05, 3.63) is 28.7 Å².